The maximum absolute atomic E-state index is 11.6. The van der Waals surface area contributed by atoms with Crippen LogP contribution < -0.4 is 0 Å². The zero-order valence-electron chi connectivity index (χ0n) is 10.3. The normalized spacial score (nSPS) is 19.9. The summed E-state index contributed by atoms with van der Waals surface area (Å²) in [6, 6.07) is 0. The molecule has 1 atom stereocenters. The molecule has 98 valence electrons. The third-order valence-electron chi connectivity index (χ3n) is 2.50. The van der Waals surface area contributed by atoms with Crippen LogP contribution in [0.1, 0.15) is 27.2 Å². The van der Waals surface area contributed by atoms with E-state index in [0.29, 0.717) is 13.0 Å². The molecule has 5 nitrogen and oxygen atoms in total. The van der Waals surface area contributed by atoms with Gasteiger partial charge >= 0.3 is 5.97 Å². The molecule has 0 aromatic rings. The quantitative estimate of drug-likeness (QED) is 0.546. The van der Waals surface area contributed by atoms with Crippen LogP contribution in [0.3, 0.4) is 0 Å². The first kappa shape index (κ1) is 15.9. The Kier molecular flexibility index (Phi) is 6.16. The van der Waals surface area contributed by atoms with E-state index < -0.39 is 11.9 Å². The molecule has 0 bridgehead atoms. The number of esters is 1. The SMILES string of the molecule is CC(=O)N1CCC(C(=O)OC(C)C)C(=O)C1.Cl. The number of hydrogen-bond donors (Lipinski definition) is 0. The Bertz CT molecular complexity index is 317. The van der Waals surface area contributed by atoms with Gasteiger partial charge in [-0.3, -0.25) is 14.4 Å². The lowest BCUT2D eigenvalue weighted by Gasteiger charge is -2.29. The van der Waals surface area contributed by atoms with Crippen LogP contribution >= 0.6 is 12.4 Å². The number of hydrogen-bond acceptors (Lipinski definition) is 4. The Morgan fingerprint density at radius 2 is 2.00 bits per heavy atom. The minimum Gasteiger partial charge on any atom is -0.462 e. The first-order chi connectivity index (χ1) is 7.41. The fourth-order valence-corrected chi connectivity index (χ4v) is 1.66. The molecule has 1 aliphatic heterocycles. The third kappa shape index (κ3) is 4.34. The van der Waals surface area contributed by atoms with E-state index in [4.69, 9.17) is 4.74 Å². The second kappa shape index (κ2) is 6.59. The number of rotatable bonds is 2. The minimum absolute atomic E-state index is 0. The molecule has 17 heavy (non-hydrogen) atoms. The van der Waals surface area contributed by atoms with E-state index in [-0.39, 0.29) is 36.7 Å². The van der Waals surface area contributed by atoms with Gasteiger partial charge in [-0.2, -0.15) is 0 Å². The van der Waals surface area contributed by atoms with Crippen molar-refractivity contribution in [3.05, 3.63) is 0 Å². The van der Waals surface area contributed by atoms with Gasteiger partial charge in [-0.15, -0.1) is 12.4 Å². The van der Waals surface area contributed by atoms with Crippen molar-refractivity contribution in [2.45, 2.75) is 33.3 Å². The van der Waals surface area contributed by atoms with Crippen molar-refractivity contribution < 1.29 is 19.1 Å². The number of halogens is 1. The number of carbonyl (C=O) groups excluding carboxylic acids is 3. The van der Waals surface area contributed by atoms with Crippen LogP contribution in [0.25, 0.3) is 0 Å². The largest absolute Gasteiger partial charge is 0.462 e. The number of ketones is 1. The van der Waals surface area contributed by atoms with E-state index in [0.717, 1.165) is 0 Å². The lowest BCUT2D eigenvalue weighted by Crippen LogP contribution is -2.46. The summed E-state index contributed by atoms with van der Waals surface area (Å²) in [6.07, 6.45) is 0.149. The molecule has 1 saturated heterocycles. The van der Waals surface area contributed by atoms with E-state index in [9.17, 15) is 14.4 Å². The lowest BCUT2D eigenvalue weighted by atomic mass is 9.95. The fraction of sp³-hybridized carbons (Fsp3) is 0.727. The maximum Gasteiger partial charge on any atom is 0.316 e. The second-order valence-electron chi connectivity index (χ2n) is 4.23. The summed E-state index contributed by atoms with van der Waals surface area (Å²) in [4.78, 5) is 35.7. The van der Waals surface area contributed by atoms with Crippen LogP contribution in [0, 0.1) is 5.92 Å². The number of likely N-dealkylation sites (tertiary alicyclic amines) is 1. The van der Waals surface area contributed by atoms with Gasteiger partial charge in [0.2, 0.25) is 5.91 Å². The van der Waals surface area contributed by atoms with Crippen molar-refractivity contribution in [2.75, 3.05) is 13.1 Å². The second-order valence-corrected chi connectivity index (χ2v) is 4.23. The smallest absolute Gasteiger partial charge is 0.316 e. The topological polar surface area (TPSA) is 63.7 Å². The fourth-order valence-electron chi connectivity index (χ4n) is 1.66. The average molecular weight is 264 g/mol. The molecule has 0 aromatic heterocycles. The van der Waals surface area contributed by atoms with Crippen LogP contribution in [0.15, 0.2) is 0 Å². The summed E-state index contributed by atoms with van der Waals surface area (Å²) in [5, 5.41) is 0. The molecule has 0 N–H and O–H groups in total. The number of amides is 1. The van der Waals surface area contributed by atoms with Gasteiger partial charge in [-0.1, -0.05) is 0 Å². The number of ether oxygens (including phenoxy) is 1. The molecule has 1 amide bonds. The Hall–Kier alpha value is -1.10. The maximum atomic E-state index is 11.6. The molecule has 0 aliphatic carbocycles. The molecular weight excluding hydrogens is 246 g/mol. The number of Topliss-reactive ketones (excluding diaryl/α,β-unsaturated/α-hetero) is 1. The van der Waals surface area contributed by atoms with E-state index in [1.165, 1.54) is 11.8 Å². The summed E-state index contributed by atoms with van der Waals surface area (Å²) in [6.45, 7) is 5.37. The van der Waals surface area contributed by atoms with Crippen LogP contribution in [-0.4, -0.2) is 41.8 Å². The molecule has 1 heterocycles. The molecular formula is C11H18ClNO4. The van der Waals surface area contributed by atoms with Gasteiger partial charge in [0.1, 0.15) is 5.92 Å². The van der Waals surface area contributed by atoms with Gasteiger partial charge in [0, 0.05) is 13.5 Å². The van der Waals surface area contributed by atoms with Gasteiger partial charge in [-0.25, -0.2) is 0 Å². The average Bonchev–Trinajstić information content (AvgIpc) is 2.15. The van der Waals surface area contributed by atoms with Crippen LogP contribution in [-0.2, 0) is 19.1 Å². The van der Waals surface area contributed by atoms with Gasteiger partial charge in [0.15, 0.2) is 5.78 Å². The lowest BCUT2D eigenvalue weighted by molar-refractivity contribution is -0.158. The van der Waals surface area contributed by atoms with Crippen molar-refractivity contribution >= 4 is 30.1 Å². The van der Waals surface area contributed by atoms with Crippen molar-refractivity contribution in [1.82, 2.24) is 4.90 Å². The molecule has 1 fully saturated rings. The Balaban J connectivity index is 0.00000256. The summed E-state index contributed by atoms with van der Waals surface area (Å²) in [5.74, 6) is -1.53. The third-order valence-corrected chi connectivity index (χ3v) is 2.50. The molecule has 1 rings (SSSR count). The van der Waals surface area contributed by atoms with Crippen LogP contribution in [0.5, 0.6) is 0 Å². The Morgan fingerprint density at radius 3 is 2.41 bits per heavy atom. The van der Waals surface area contributed by atoms with E-state index >= 15 is 0 Å². The first-order valence-corrected chi connectivity index (χ1v) is 5.40. The van der Waals surface area contributed by atoms with E-state index in [1.54, 1.807) is 13.8 Å². The highest BCUT2D eigenvalue weighted by atomic mass is 35.5. The summed E-state index contributed by atoms with van der Waals surface area (Å²) in [5.41, 5.74) is 0. The summed E-state index contributed by atoms with van der Waals surface area (Å²) < 4.78 is 4.99. The molecule has 0 aromatic carbocycles. The molecule has 0 saturated carbocycles. The highest BCUT2D eigenvalue weighted by Crippen LogP contribution is 2.16. The Morgan fingerprint density at radius 1 is 1.41 bits per heavy atom. The highest BCUT2D eigenvalue weighted by Gasteiger charge is 2.34. The monoisotopic (exact) mass is 263 g/mol. The summed E-state index contributed by atoms with van der Waals surface area (Å²) >= 11 is 0. The van der Waals surface area contributed by atoms with Crippen molar-refractivity contribution in [3.63, 3.8) is 0 Å². The van der Waals surface area contributed by atoms with Gasteiger partial charge in [-0.05, 0) is 20.3 Å². The standard InChI is InChI=1S/C11H17NO4.ClH/c1-7(2)16-11(15)9-4-5-12(8(3)13)6-10(9)14;/h7,9H,4-6H2,1-3H3;1H. The minimum atomic E-state index is -0.696. The van der Waals surface area contributed by atoms with Gasteiger partial charge in [0.25, 0.3) is 0 Å². The van der Waals surface area contributed by atoms with Crippen molar-refractivity contribution in [1.29, 1.82) is 0 Å². The molecule has 0 radical (unpaired) electrons. The summed E-state index contributed by atoms with van der Waals surface area (Å²) in [7, 11) is 0. The zero-order chi connectivity index (χ0) is 12.3. The van der Waals surface area contributed by atoms with Crippen molar-refractivity contribution in [3.8, 4) is 0 Å². The Labute approximate surface area is 107 Å². The van der Waals surface area contributed by atoms with Crippen LogP contribution in [0.2, 0.25) is 0 Å². The number of nitrogens with zero attached hydrogens (tertiary/aromatic N) is 1. The molecule has 1 unspecified atom stereocenters. The highest BCUT2D eigenvalue weighted by molar-refractivity contribution is 6.01. The van der Waals surface area contributed by atoms with Gasteiger partial charge < -0.3 is 9.64 Å². The predicted octanol–water partition coefficient (Wildman–Crippen LogP) is 0.797. The van der Waals surface area contributed by atoms with Crippen LogP contribution in [0.4, 0.5) is 0 Å². The van der Waals surface area contributed by atoms with Gasteiger partial charge in [0.05, 0.1) is 12.6 Å². The van der Waals surface area contributed by atoms with Crippen molar-refractivity contribution in [2.24, 2.45) is 5.92 Å². The molecule has 1 aliphatic rings. The van der Waals surface area contributed by atoms with E-state index in [2.05, 4.69) is 0 Å². The zero-order valence-corrected chi connectivity index (χ0v) is 11.1. The first-order valence-electron chi connectivity index (χ1n) is 5.40. The van der Waals surface area contributed by atoms with E-state index in [1.807, 2.05) is 0 Å². The number of piperidine rings is 1. The molecule has 0 spiro atoms. The number of carbonyl (C=O) groups is 3. The molecule has 6 heteroatoms. The predicted molar refractivity (Wildman–Crippen MR) is 63.8 cm³/mol.